The fourth-order valence-electron chi connectivity index (χ4n) is 4.12. The molecule has 1 aliphatic heterocycles. The van der Waals surface area contributed by atoms with Crippen LogP contribution in [0.5, 0.6) is 6.01 Å². The zero-order valence-electron chi connectivity index (χ0n) is 19.3. The number of methoxy groups -OCH3 is 1. The summed E-state index contributed by atoms with van der Waals surface area (Å²) in [6.45, 7) is 4.32. The summed E-state index contributed by atoms with van der Waals surface area (Å²) in [4.78, 5) is 26.6. The van der Waals surface area contributed by atoms with Crippen LogP contribution in [0.25, 0.3) is 11.2 Å². The Morgan fingerprint density at radius 2 is 1.85 bits per heavy atom. The molecule has 2 aromatic heterocycles. The predicted molar refractivity (Wildman–Crippen MR) is 125 cm³/mol. The van der Waals surface area contributed by atoms with Crippen molar-refractivity contribution in [1.29, 1.82) is 0 Å². The Morgan fingerprint density at radius 3 is 2.59 bits per heavy atom. The number of fused-ring (bicyclic) bond motifs is 1. The second kappa shape index (κ2) is 11.1. The Labute approximate surface area is 197 Å². The molecule has 3 aromatic rings. The standard InChI is InChI=1S/C23H30N6O5/c1-32-11-12-33-22-26-20(24)19-21(27-22)29(18(25-19)7-10-34-23(30)31)15-17-6-4-5-16(13-17)14-28-8-2-3-9-28/h4-6,13H,2-3,7-12,14-15H2,1H3,(H,30,31)(H2,24,26,27). The van der Waals surface area contributed by atoms with Gasteiger partial charge >= 0.3 is 12.2 Å². The monoisotopic (exact) mass is 470 g/mol. The van der Waals surface area contributed by atoms with Gasteiger partial charge in [0.1, 0.15) is 19.0 Å². The molecular formula is C23H30N6O5. The summed E-state index contributed by atoms with van der Waals surface area (Å²) in [5.74, 6) is 0.801. The van der Waals surface area contributed by atoms with E-state index < -0.39 is 6.16 Å². The third-order valence-electron chi connectivity index (χ3n) is 5.69. The van der Waals surface area contributed by atoms with Crippen LogP contribution in [-0.4, -0.2) is 75.7 Å². The number of aromatic nitrogens is 4. The van der Waals surface area contributed by atoms with Gasteiger partial charge in [-0.05, 0) is 37.1 Å². The van der Waals surface area contributed by atoms with Gasteiger partial charge in [0.25, 0.3) is 0 Å². The number of rotatable bonds is 11. The Balaban J connectivity index is 1.64. The van der Waals surface area contributed by atoms with Gasteiger partial charge in [-0.25, -0.2) is 9.78 Å². The molecule has 0 spiro atoms. The molecule has 1 fully saturated rings. The van der Waals surface area contributed by atoms with E-state index in [4.69, 9.17) is 25.1 Å². The van der Waals surface area contributed by atoms with Gasteiger partial charge in [-0.15, -0.1) is 0 Å². The summed E-state index contributed by atoms with van der Waals surface area (Å²) in [6.07, 6.45) is 1.44. The number of hydrogen-bond acceptors (Lipinski definition) is 9. The number of anilines is 1. The molecule has 11 nitrogen and oxygen atoms in total. The van der Waals surface area contributed by atoms with Crippen molar-refractivity contribution in [3.63, 3.8) is 0 Å². The number of carbonyl (C=O) groups is 1. The zero-order valence-corrected chi connectivity index (χ0v) is 19.3. The molecule has 0 aliphatic carbocycles. The van der Waals surface area contributed by atoms with Gasteiger partial charge in [0.2, 0.25) is 0 Å². The molecule has 11 heteroatoms. The van der Waals surface area contributed by atoms with E-state index in [2.05, 4.69) is 44.1 Å². The van der Waals surface area contributed by atoms with E-state index in [0.717, 1.165) is 25.2 Å². The van der Waals surface area contributed by atoms with E-state index in [1.54, 1.807) is 7.11 Å². The number of hydrogen-bond donors (Lipinski definition) is 2. The fraction of sp³-hybridized carbons (Fsp3) is 0.478. The Morgan fingerprint density at radius 1 is 1.09 bits per heavy atom. The lowest BCUT2D eigenvalue weighted by atomic mass is 10.1. The molecule has 0 amide bonds. The Bertz CT molecular complexity index is 1130. The first-order chi connectivity index (χ1) is 16.5. The average Bonchev–Trinajstić information content (AvgIpc) is 3.43. The molecule has 0 bridgehead atoms. The normalized spacial score (nSPS) is 14.0. The Hall–Kier alpha value is -3.44. The van der Waals surface area contributed by atoms with Crippen molar-refractivity contribution < 1.29 is 24.1 Å². The topological polar surface area (TPSA) is 138 Å². The average molecular weight is 471 g/mol. The van der Waals surface area contributed by atoms with Gasteiger partial charge in [-0.1, -0.05) is 24.3 Å². The van der Waals surface area contributed by atoms with Crippen molar-refractivity contribution in [1.82, 2.24) is 24.4 Å². The lowest BCUT2D eigenvalue weighted by molar-refractivity contribution is 0.0921. The maximum atomic E-state index is 10.8. The smallest absolute Gasteiger partial charge is 0.461 e. The summed E-state index contributed by atoms with van der Waals surface area (Å²) in [7, 11) is 1.58. The van der Waals surface area contributed by atoms with Gasteiger partial charge < -0.3 is 29.6 Å². The van der Waals surface area contributed by atoms with Gasteiger partial charge in [0, 0.05) is 20.1 Å². The summed E-state index contributed by atoms with van der Waals surface area (Å²) >= 11 is 0. The van der Waals surface area contributed by atoms with Crippen LogP contribution in [-0.2, 0) is 29.0 Å². The van der Waals surface area contributed by atoms with Gasteiger partial charge in [0.15, 0.2) is 17.0 Å². The molecule has 3 N–H and O–H groups in total. The van der Waals surface area contributed by atoms with Crippen LogP contribution in [0, 0.1) is 0 Å². The maximum absolute atomic E-state index is 10.8. The Kier molecular flexibility index (Phi) is 7.76. The minimum absolute atomic E-state index is 0.0296. The van der Waals surface area contributed by atoms with Crippen molar-refractivity contribution >= 4 is 23.1 Å². The highest BCUT2D eigenvalue weighted by Crippen LogP contribution is 2.24. The van der Waals surface area contributed by atoms with Crippen molar-refractivity contribution in [3.05, 3.63) is 41.2 Å². The van der Waals surface area contributed by atoms with E-state index in [1.165, 1.54) is 18.4 Å². The first-order valence-corrected chi connectivity index (χ1v) is 11.3. The first-order valence-electron chi connectivity index (χ1n) is 11.3. The molecule has 1 saturated heterocycles. The third-order valence-corrected chi connectivity index (χ3v) is 5.69. The van der Waals surface area contributed by atoms with Crippen LogP contribution in [0.4, 0.5) is 10.6 Å². The second-order valence-electron chi connectivity index (χ2n) is 8.19. The quantitative estimate of drug-likeness (QED) is 0.317. The molecule has 0 radical (unpaired) electrons. The van der Waals surface area contributed by atoms with Crippen molar-refractivity contribution in [2.24, 2.45) is 0 Å². The van der Waals surface area contributed by atoms with Crippen molar-refractivity contribution in [3.8, 4) is 6.01 Å². The number of benzene rings is 1. The molecule has 182 valence electrons. The maximum Gasteiger partial charge on any atom is 0.505 e. The lowest BCUT2D eigenvalue weighted by Crippen LogP contribution is -2.18. The van der Waals surface area contributed by atoms with Crippen LogP contribution in [0.3, 0.4) is 0 Å². The van der Waals surface area contributed by atoms with Crippen molar-refractivity contribution in [2.75, 3.05) is 45.8 Å². The van der Waals surface area contributed by atoms with E-state index in [9.17, 15) is 4.79 Å². The van der Waals surface area contributed by atoms with E-state index in [1.807, 2.05) is 4.57 Å². The molecule has 0 saturated carbocycles. The van der Waals surface area contributed by atoms with E-state index >= 15 is 0 Å². The van der Waals surface area contributed by atoms with Gasteiger partial charge in [-0.2, -0.15) is 9.97 Å². The van der Waals surface area contributed by atoms with Gasteiger partial charge in [0.05, 0.1) is 13.2 Å². The highest BCUT2D eigenvalue weighted by molar-refractivity contribution is 5.82. The number of carboxylic acid groups (broad SMARTS) is 1. The predicted octanol–water partition coefficient (Wildman–Crippen LogP) is 2.31. The van der Waals surface area contributed by atoms with Crippen LogP contribution >= 0.6 is 0 Å². The summed E-state index contributed by atoms with van der Waals surface area (Å²) in [5, 5.41) is 8.84. The van der Waals surface area contributed by atoms with Gasteiger partial charge in [-0.3, -0.25) is 4.90 Å². The van der Waals surface area contributed by atoms with E-state index in [0.29, 0.717) is 30.1 Å². The van der Waals surface area contributed by atoms with Crippen LogP contribution < -0.4 is 10.5 Å². The minimum Gasteiger partial charge on any atom is -0.461 e. The minimum atomic E-state index is -1.33. The zero-order chi connectivity index (χ0) is 23.9. The summed E-state index contributed by atoms with van der Waals surface area (Å²) in [5.41, 5.74) is 9.45. The number of ether oxygens (including phenoxy) is 3. The highest BCUT2D eigenvalue weighted by atomic mass is 16.7. The fourth-order valence-corrected chi connectivity index (χ4v) is 4.12. The van der Waals surface area contributed by atoms with Crippen LogP contribution in [0.2, 0.25) is 0 Å². The summed E-state index contributed by atoms with van der Waals surface area (Å²) in [6, 6.07) is 8.56. The first kappa shape index (κ1) is 23.7. The van der Waals surface area contributed by atoms with Crippen LogP contribution in [0.15, 0.2) is 24.3 Å². The molecule has 3 heterocycles. The molecule has 1 aromatic carbocycles. The number of imidazole rings is 1. The van der Waals surface area contributed by atoms with Crippen LogP contribution in [0.1, 0.15) is 29.8 Å². The van der Waals surface area contributed by atoms with E-state index in [-0.39, 0.29) is 31.5 Å². The molecule has 0 unspecified atom stereocenters. The SMILES string of the molecule is COCCOc1nc(N)c2nc(CCOC(=O)O)n(Cc3cccc(CN4CCCC4)c3)c2n1. The number of nitrogen functional groups attached to an aromatic ring is 1. The molecular weight excluding hydrogens is 440 g/mol. The molecule has 4 rings (SSSR count). The molecule has 34 heavy (non-hydrogen) atoms. The number of nitrogens with two attached hydrogens (primary N) is 1. The second-order valence-corrected chi connectivity index (χ2v) is 8.19. The number of likely N-dealkylation sites (tertiary alicyclic amines) is 1. The number of nitrogens with zero attached hydrogens (tertiary/aromatic N) is 5. The third kappa shape index (κ3) is 5.91. The highest BCUT2D eigenvalue weighted by Gasteiger charge is 2.19. The van der Waals surface area contributed by atoms with Crippen molar-refractivity contribution in [2.45, 2.75) is 32.4 Å². The largest absolute Gasteiger partial charge is 0.505 e. The summed E-state index contributed by atoms with van der Waals surface area (Å²) < 4.78 is 17.2. The lowest BCUT2D eigenvalue weighted by Gasteiger charge is -2.16. The molecule has 0 atom stereocenters. The molecule has 1 aliphatic rings.